The summed E-state index contributed by atoms with van der Waals surface area (Å²) in [6.45, 7) is 0. The lowest BCUT2D eigenvalue weighted by molar-refractivity contribution is 1.20. The van der Waals surface area contributed by atoms with E-state index in [1.165, 1.54) is 6.33 Å². The summed E-state index contributed by atoms with van der Waals surface area (Å²) in [6, 6.07) is 0. The van der Waals surface area contributed by atoms with E-state index in [9.17, 15) is 0 Å². The van der Waals surface area contributed by atoms with Crippen LogP contribution in [-0.4, -0.2) is 15.0 Å². The fourth-order valence-corrected chi connectivity index (χ4v) is 1.79. The SMILES string of the molecule is Clc1ncnc2[nH]cc(CBr)c12. The summed E-state index contributed by atoms with van der Waals surface area (Å²) in [6.07, 6.45) is 3.32. The normalized spacial score (nSPS) is 10.8. The minimum absolute atomic E-state index is 0.496. The molecule has 12 heavy (non-hydrogen) atoms. The van der Waals surface area contributed by atoms with Gasteiger partial charge in [0.1, 0.15) is 17.1 Å². The van der Waals surface area contributed by atoms with Crippen LogP contribution in [-0.2, 0) is 5.33 Å². The van der Waals surface area contributed by atoms with Crippen LogP contribution in [0, 0.1) is 0 Å². The molecule has 0 bridgehead atoms. The molecule has 3 nitrogen and oxygen atoms in total. The largest absolute Gasteiger partial charge is 0.346 e. The Morgan fingerprint density at radius 1 is 1.50 bits per heavy atom. The third kappa shape index (κ3) is 1.11. The number of nitrogens with zero attached hydrogens (tertiary/aromatic N) is 2. The number of hydrogen-bond donors (Lipinski definition) is 1. The van der Waals surface area contributed by atoms with Crippen molar-refractivity contribution in [1.82, 2.24) is 15.0 Å². The van der Waals surface area contributed by atoms with Crippen LogP contribution in [0.4, 0.5) is 0 Å². The Kier molecular flexibility index (Phi) is 2.02. The molecule has 2 aromatic heterocycles. The van der Waals surface area contributed by atoms with Gasteiger partial charge in [-0.1, -0.05) is 27.5 Å². The van der Waals surface area contributed by atoms with Crippen LogP contribution in [0.25, 0.3) is 11.0 Å². The number of halogens is 2. The fourth-order valence-electron chi connectivity index (χ4n) is 1.09. The zero-order valence-electron chi connectivity index (χ0n) is 6.01. The Morgan fingerprint density at radius 2 is 2.33 bits per heavy atom. The Morgan fingerprint density at radius 3 is 3.08 bits per heavy atom. The third-order valence-corrected chi connectivity index (χ3v) is 2.54. The van der Waals surface area contributed by atoms with Crippen LogP contribution in [0.2, 0.25) is 5.15 Å². The van der Waals surface area contributed by atoms with Crippen molar-refractivity contribution in [2.45, 2.75) is 5.33 Å². The van der Waals surface area contributed by atoms with E-state index in [1.54, 1.807) is 0 Å². The van der Waals surface area contributed by atoms with Crippen LogP contribution < -0.4 is 0 Å². The van der Waals surface area contributed by atoms with Gasteiger partial charge in [-0.15, -0.1) is 0 Å². The maximum Gasteiger partial charge on any atom is 0.142 e. The van der Waals surface area contributed by atoms with Gasteiger partial charge < -0.3 is 4.98 Å². The van der Waals surface area contributed by atoms with Gasteiger partial charge >= 0.3 is 0 Å². The van der Waals surface area contributed by atoms with Crippen molar-refractivity contribution in [2.24, 2.45) is 0 Å². The van der Waals surface area contributed by atoms with E-state index < -0.39 is 0 Å². The van der Waals surface area contributed by atoms with Gasteiger partial charge in [-0.3, -0.25) is 0 Å². The minimum Gasteiger partial charge on any atom is -0.346 e. The summed E-state index contributed by atoms with van der Waals surface area (Å²) < 4.78 is 0. The number of aromatic amines is 1. The Hall–Kier alpha value is -0.610. The van der Waals surface area contributed by atoms with E-state index >= 15 is 0 Å². The van der Waals surface area contributed by atoms with E-state index in [0.717, 1.165) is 21.9 Å². The molecule has 2 rings (SSSR count). The second kappa shape index (κ2) is 3.03. The van der Waals surface area contributed by atoms with E-state index in [4.69, 9.17) is 11.6 Å². The first kappa shape index (κ1) is 8.01. The van der Waals surface area contributed by atoms with E-state index in [2.05, 4.69) is 30.9 Å². The zero-order chi connectivity index (χ0) is 8.55. The van der Waals surface area contributed by atoms with E-state index in [1.807, 2.05) is 6.20 Å². The molecule has 1 N–H and O–H groups in total. The van der Waals surface area contributed by atoms with Gasteiger partial charge in [0.05, 0.1) is 5.39 Å². The number of nitrogens with one attached hydrogen (secondary N) is 1. The lowest BCUT2D eigenvalue weighted by atomic mass is 10.3. The summed E-state index contributed by atoms with van der Waals surface area (Å²) in [7, 11) is 0. The summed E-state index contributed by atoms with van der Waals surface area (Å²) in [5.74, 6) is 0. The maximum atomic E-state index is 5.89. The Labute approximate surface area is 82.3 Å². The van der Waals surface area contributed by atoms with Gasteiger partial charge in [-0.2, -0.15) is 0 Å². The molecule has 0 aliphatic rings. The number of fused-ring (bicyclic) bond motifs is 1. The van der Waals surface area contributed by atoms with Gasteiger partial charge in [0.25, 0.3) is 0 Å². The molecule has 2 aromatic rings. The number of alkyl halides is 1. The topological polar surface area (TPSA) is 41.6 Å². The summed E-state index contributed by atoms with van der Waals surface area (Å²) in [5, 5.41) is 2.15. The van der Waals surface area contributed by atoms with Crippen molar-refractivity contribution in [1.29, 1.82) is 0 Å². The molecule has 0 aliphatic heterocycles. The molecule has 0 radical (unpaired) electrons. The van der Waals surface area contributed by atoms with Gasteiger partial charge in [0, 0.05) is 11.5 Å². The predicted octanol–water partition coefficient (Wildman–Crippen LogP) is 2.51. The van der Waals surface area contributed by atoms with Crippen LogP contribution in [0.5, 0.6) is 0 Å². The zero-order valence-corrected chi connectivity index (χ0v) is 8.35. The second-order valence-corrected chi connectivity index (χ2v) is 3.25. The third-order valence-electron chi connectivity index (χ3n) is 1.65. The first-order valence-corrected chi connectivity index (χ1v) is 4.85. The maximum absolute atomic E-state index is 5.89. The number of rotatable bonds is 1. The smallest absolute Gasteiger partial charge is 0.142 e. The minimum atomic E-state index is 0.496. The highest BCUT2D eigenvalue weighted by molar-refractivity contribution is 9.08. The first-order chi connectivity index (χ1) is 5.83. The molecule has 5 heteroatoms. The molecule has 0 amide bonds. The van der Waals surface area contributed by atoms with E-state index in [-0.39, 0.29) is 0 Å². The molecule has 0 saturated carbocycles. The molecule has 0 atom stereocenters. The van der Waals surface area contributed by atoms with Gasteiger partial charge in [0.15, 0.2) is 0 Å². The van der Waals surface area contributed by atoms with E-state index in [0.29, 0.717) is 5.15 Å². The highest BCUT2D eigenvalue weighted by Crippen LogP contribution is 2.24. The lowest BCUT2D eigenvalue weighted by Gasteiger charge is -1.93. The molecule has 0 fully saturated rings. The molecule has 0 aromatic carbocycles. The standard InChI is InChI=1S/C7H5BrClN3/c8-1-4-2-10-7-5(4)6(9)11-3-12-7/h2-3H,1H2,(H,10,11,12). The van der Waals surface area contributed by atoms with Gasteiger partial charge in [-0.25, -0.2) is 9.97 Å². The fraction of sp³-hybridized carbons (Fsp3) is 0.143. The molecule has 0 spiro atoms. The van der Waals surface area contributed by atoms with Crippen molar-refractivity contribution in [3.05, 3.63) is 23.2 Å². The second-order valence-electron chi connectivity index (χ2n) is 2.34. The number of hydrogen-bond acceptors (Lipinski definition) is 2. The highest BCUT2D eigenvalue weighted by Gasteiger charge is 2.07. The molecule has 0 aliphatic carbocycles. The number of aromatic nitrogens is 3. The average molecular weight is 246 g/mol. The number of H-pyrrole nitrogens is 1. The molecular formula is C7H5BrClN3. The van der Waals surface area contributed by atoms with Crippen molar-refractivity contribution < 1.29 is 0 Å². The molecule has 62 valence electrons. The van der Waals surface area contributed by atoms with Gasteiger partial charge in [-0.05, 0) is 5.56 Å². The molecule has 0 saturated heterocycles. The monoisotopic (exact) mass is 245 g/mol. The van der Waals surface area contributed by atoms with Crippen molar-refractivity contribution >= 4 is 38.6 Å². The molecular weight excluding hydrogens is 241 g/mol. The predicted molar refractivity (Wildman–Crippen MR) is 51.5 cm³/mol. The Bertz CT molecular complexity index is 412. The van der Waals surface area contributed by atoms with Crippen LogP contribution in [0.15, 0.2) is 12.5 Å². The van der Waals surface area contributed by atoms with Crippen LogP contribution in [0.1, 0.15) is 5.56 Å². The van der Waals surface area contributed by atoms with Crippen molar-refractivity contribution in [3.8, 4) is 0 Å². The molecule has 2 heterocycles. The quantitative estimate of drug-likeness (QED) is 0.620. The first-order valence-electron chi connectivity index (χ1n) is 3.35. The van der Waals surface area contributed by atoms with Crippen LogP contribution >= 0.6 is 27.5 Å². The molecule has 0 unspecified atom stereocenters. The highest BCUT2D eigenvalue weighted by atomic mass is 79.9. The van der Waals surface area contributed by atoms with Crippen LogP contribution in [0.3, 0.4) is 0 Å². The Balaban J connectivity index is 2.83. The van der Waals surface area contributed by atoms with Crippen molar-refractivity contribution in [2.75, 3.05) is 0 Å². The van der Waals surface area contributed by atoms with Gasteiger partial charge in [0.2, 0.25) is 0 Å². The summed E-state index contributed by atoms with van der Waals surface area (Å²) in [4.78, 5) is 11.0. The van der Waals surface area contributed by atoms with Crippen molar-refractivity contribution in [3.63, 3.8) is 0 Å². The summed E-state index contributed by atoms with van der Waals surface area (Å²) in [5.41, 5.74) is 1.86. The summed E-state index contributed by atoms with van der Waals surface area (Å²) >= 11 is 9.25. The average Bonchev–Trinajstić information content (AvgIpc) is 2.49. The lowest BCUT2D eigenvalue weighted by Crippen LogP contribution is -1.82.